The van der Waals surface area contributed by atoms with Crippen molar-refractivity contribution in [3.05, 3.63) is 29.1 Å². The van der Waals surface area contributed by atoms with Gasteiger partial charge in [0.1, 0.15) is 11.6 Å². The average Bonchev–Trinajstić information content (AvgIpc) is 2.20. The summed E-state index contributed by atoms with van der Waals surface area (Å²) < 4.78 is 50.0. The summed E-state index contributed by atoms with van der Waals surface area (Å²) >= 11 is 0. The number of benzene rings is 1. The molecule has 0 aromatic heterocycles. The topological polar surface area (TPSA) is 87.7 Å². The van der Waals surface area contributed by atoms with Crippen molar-refractivity contribution in [1.82, 2.24) is 5.43 Å². The zero-order chi connectivity index (χ0) is 13.9. The highest BCUT2D eigenvalue weighted by Gasteiger charge is 2.32. The number of alkyl halides is 3. The number of hydrogen-bond acceptors (Lipinski definition) is 3. The summed E-state index contributed by atoms with van der Waals surface area (Å²) in [5.74, 6) is -2.30. The number of aromatic hydroxyl groups is 1. The van der Waals surface area contributed by atoms with Crippen molar-refractivity contribution >= 4 is 12.2 Å². The maximum Gasteiger partial charge on any atom is 0.416 e. The van der Waals surface area contributed by atoms with Gasteiger partial charge < -0.3 is 10.8 Å². The van der Waals surface area contributed by atoms with Crippen LogP contribution < -0.4 is 11.2 Å². The quantitative estimate of drug-likeness (QED) is 0.430. The van der Waals surface area contributed by atoms with Crippen molar-refractivity contribution in [2.75, 3.05) is 0 Å². The van der Waals surface area contributed by atoms with Crippen LogP contribution in [-0.4, -0.2) is 17.4 Å². The van der Waals surface area contributed by atoms with Crippen molar-refractivity contribution in [1.29, 1.82) is 0 Å². The Kier molecular flexibility index (Phi) is 3.74. The van der Waals surface area contributed by atoms with E-state index in [1.807, 2.05) is 0 Å². The highest BCUT2D eigenvalue weighted by Crippen LogP contribution is 2.33. The second-order valence-corrected chi connectivity index (χ2v) is 3.12. The van der Waals surface area contributed by atoms with Gasteiger partial charge in [-0.15, -0.1) is 0 Å². The van der Waals surface area contributed by atoms with E-state index in [1.165, 1.54) is 0 Å². The Labute approximate surface area is 97.9 Å². The number of hydrogen-bond donors (Lipinski definition) is 3. The van der Waals surface area contributed by atoms with Gasteiger partial charge in [0.15, 0.2) is 0 Å². The molecule has 0 bridgehead atoms. The second-order valence-electron chi connectivity index (χ2n) is 3.12. The molecule has 0 fully saturated rings. The van der Waals surface area contributed by atoms with Gasteiger partial charge in [0.2, 0.25) is 0 Å². The summed E-state index contributed by atoms with van der Waals surface area (Å²) in [6.07, 6.45) is -4.14. The van der Waals surface area contributed by atoms with E-state index in [9.17, 15) is 27.5 Å². The van der Waals surface area contributed by atoms with Gasteiger partial charge in [0.25, 0.3) is 0 Å². The molecule has 0 aliphatic rings. The van der Waals surface area contributed by atoms with E-state index < -0.39 is 34.9 Å². The van der Waals surface area contributed by atoms with Gasteiger partial charge in [0.05, 0.1) is 17.3 Å². The maximum atomic E-state index is 13.3. The molecule has 0 atom stereocenters. The molecular formula is C9H7F4N3O2. The van der Waals surface area contributed by atoms with Crippen LogP contribution in [0.1, 0.15) is 11.1 Å². The molecule has 0 saturated carbocycles. The van der Waals surface area contributed by atoms with Gasteiger partial charge in [0, 0.05) is 0 Å². The number of hydrazone groups is 1. The third kappa shape index (κ3) is 3.34. The maximum absolute atomic E-state index is 13.3. The van der Waals surface area contributed by atoms with Crippen LogP contribution in [0.25, 0.3) is 0 Å². The highest BCUT2D eigenvalue weighted by atomic mass is 19.4. The third-order valence-corrected chi connectivity index (χ3v) is 1.80. The lowest BCUT2D eigenvalue weighted by atomic mass is 10.1. The Bertz CT molecular complexity index is 476. The molecule has 9 heteroatoms. The van der Waals surface area contributed by atoms with E-state index in [2.05, 4.69) is 10.8 Å². The van der Waals surface area contributed by atoms with E-state index in [0.29, 0.717) is 12.3 Å². The lowest BCUT2D eigenvalue weighted by molar-refractivity contribution is -0.137. The minimum absolute atomic E-state index is 0.200. The first-order valence-corrected chi connectivity index (χ1v) is 4.40. The van der Waals surface area contributed by atoms with E-state index >= 15 is 0 Å². The van der Waals surface area contributed by atoms with Crippen LogP contribution in [0, 0.1) is 5.82 Å². The number of carbonyl (C=O) groups is 1. The lowest BCUT2D eigenvalue weighted by Gasteiger charge is -2.09. The standard InChI is InChI=1S/C9H7F4N3O2/c10-6-1-4(9(11,12)13)2-7(17)5(6)3-15-16-8(14)18/h1-3,17H,(H3,14,16,18). The van der Waals surface area contributed by atoms with Crippen LogP contribution in [0.4, 0.5) is 22.4 Å². The lowest BCUT2D eigenvalue weighted by Crippen LogP contribution is -2.24. The fourth-order valence-electron chi connectivity index (χ4n) is 1.06. The van der Waals surface area contributed by atoms with Crippen LogP contribution in [0.15, 0.2) is 17.2 Å². The summed E-state index contributed by atoms with van der Waals surface area (Å²) in [6, 6.07) is -0.502. The number of nitrogens with one attached hydrogen (secondary N) is 1. The minimum atomic E-state index is -4.78. The molecule has 0 radical (unpaired) electrons. The number of rotatable bonds is 2. The number of phenolic OH excluding ortho intramolecular Hbond substituents is 1. The van der Waals surface area contributed by atoms with Crippen LogP contribution in [0.3, 0.4) is 0 Å². The van der Waals surface area contributed by atoms with Gasteiger partial charge in [-0.2, -0.15) is 18.3 Å². The first-order chi connectivity index (χ1) is 8.21. The molecule has 98 valence electrons. The normalized spacial score (nSPS) is 11.8. The van der Waals surface area contributed by atoms with Gasteiger partial charge >= 0.3 is 12.2 Å². The summed E-state index contributed by atoms with van der Waals surface area (Å²) in [7, 11) is 0. The summed E-state index contributed by atoms with van der Waals surface area (Å²) in [5.41, 5.74) is 4.41. The Morgan fingerprint density at radius 3 is 2.50 bits per heavy atom. The number of primary amides is 1. The molecule has 18 heavy (non-hydrogen) atoms. The van der Waals surface area contributed by atoms with Crippen LogP contribution in [0.2, 0.25) is 0 Å². The molecule has 1 aromatic carbocycles. The summed E-state index contributed by atoms with van der Waals surface area (Å²) in [4.78, 5) is 10.2. The Hall–Kier alpha value is -2.32. The first-order valence-electron chi connectivity index (χ1n) is 4.40. The Morgan fingerprint density at radius 2 is 2.06 bits per heavy atom. The number of nitrogens with two attached hydrogens (primary N) is 1. The summed E-state index contributed by atoms with van der Waals surface area (Å²) in [6.45, 7) is 0. The minimum Gasteiger partial charge on any atom is -0.507 e. The number of urea groups is 1. The van der Waals surface area contributed by atoms with E-state index in [0.717, 1.165) is 0 Å². The molecule has 0 spiro atoms. The predicted octanol–water partition coefficient (Wildman–Crippen LogP) is 1.55. The Balaban J connectivity index is 3.09. The van der Waals surface area contributed by atoms with E-state index in [4.69, 9.17) is 0 Å². The van der Waals surface area contributed by atoms with Gasteiger partial charge in [-0.3, -0.25) is 0 Å². The molecule has 1 aromatic rings. The zero-order valence-electron chi connectivity index (χ0n) is 8.62. The molecule has 0 unspecified atom stereocenters. The second kappa shape index (κ2) is 4.90. The van der Waals surface area contributed by atoms with Crippen LogP contribution >= 0.6 is 0 Å². The molecular weight excluding hydrogens is 258 g/mol. The molecule has 5 nitrogen and oxygen atoms in total. The van der Waals surface area contributed by atoms with Gasteiger partial charge in [-0.25, -0.2) is 14.6 Å². The average molecular weight is 265 g/mol. The molecule has 0 aliphatic carbocycles. The highest BCUT2D eigenvalue weighted by molar-refractivity contribution is 5.85. The molecule has 0 heterocycles. The van der Waals surface area contributed by atoms with Crippen molar-refractivity contribution in [3.8, 4) is 5.75 Å². The number of carbonyl (C=O) groups excluding carboxylic acids is 1. The fourth-order valence-corrected chi connectivity index (χ4v) is 1.06. The molecule has 4 N–H and O–H groups in total. The molecule has 0 aliphatic heterocycles. The van der Waals surface area contributed by atoms with Crippen molar-refractivity contribution < 1.29 is 27.5 Å². The number of amides is 2. The largest absolute Gasteiger partial charge is 0.507 e. The van der Waals surface area contributed by atoms with Gasteiger partial charge in [-0.05, 0) is 12.1 Å². The number of halogens is 4. The van der Waals surface area contributed by atoms with Crippen molar-refractivity contribution in [2.24, 2.45) is 10.8 Å². The van der Waals surface area contributed by atoms with E-state index in [1.54, 1.807) is 5.43 Å². The van der Waals surface area contributed by atoms with Crippen LogP contribution in [-0.2, 0) is 6.18 Å². The van der Waals surface area contributed by atoms with Gasteiger partial charge in [-0.1, -0.05) is 0 Å². The van der Waals surface area contributed by atoms with Crippen molar-refractivity contribution in [2.45, 2.75) is 6.18 Å². The third-order valence-electron chi connectivity index (χ3n) is 1.80. The smallest absolute Gasteiger partial charge is 0.416 e. The summed E-state index contributed by atoms with van der Waals surface area (Å²) in [5, 5.41) is 12.3. The van der Waals surface area contributed by atoms with Crippen molar-refractivity contribution in [3.63, 3.8) is 0 Å². The van der Waals surface area contributed by atoms with E-state index in [-0.39, 0.29) is 6.07 Å². The monoisotopic (exact) mass is 265 g/mol. The number of phenols is 1. The molecule has 0 saturated heterocycles. The fraction of sp³-hybridized carbons (Fsp3) is 0.111. The molecule has 2 amide bonds. The van der Waals surface area contributed by atoms with Crippen LogP contribution in [0.5, 0.6) is 5.75 Å². The SMILES string of the molecule is NC(=O)NN=Cc1c(O)cc(C(F)(F)F)cc1F. The zero-order valence-corrected chi connectivity index (χ0v) is 8.62. The number of nitrogens with zero attached hydrogens (tertiary/aromatic N) is 1. The predicted molar refractivity (Wildman–Crippen MR) is 53.4 cm³/mol. The first kappa shape index (κ1) is 13.7. The molecule has 1 rings (SSSR count). The Morgan fingerprint density at radius 1 is 1.44 bits per heavy atom.